The molecule has 116 valence electrons. The molecule has 20 heavy (non-hydrogen) atoms. The number of aliphatic carboxylic acids is 1. The maximum absolute atomic E-state index is 11.8. The summed E-state index contributed by atoms with van der Waals surface area (Å²) in [6, 6.07) is -0.296. The van der Waals surface area contributed by atoms with Crippen LogP contribution < -0.4 is 10.0 Å². The molecule has 1 aliphatic rings. The maximum atomic E-state index is 11.8. The standard InChI is InChI=1S/C11H21N3O5S/c1-20(18,19)13-6-3-5-12-11(17)14-7-2-4-9(8-14)10(15)16/h9,13H,2-8H2,1H3,(H,12,17)(H,15,16)/t9-/m0/s1. The number of hydrogen-bond acceptors (Lipinski definition) is 4. The number of nitrogens with zero attached hydrogens (tertiary/aromatic N) is 1. The van der Waals surface area contributed by atoms with E-state index >= 15 is 0 Å². The van der Waals surface area contributed by atoms with E-state index in [9.17, 15) is 18.0 Å². The van der Waals surface area contributed by atoms with Crippen LogP contribution in [0.15, 0.2) is 0 Å². The van der Waals surface area contributed by atoms with Gasteiger partial charge in [-0.05, 0) is 19.3 Å². The summed E-state index contributed by atoms with van der Waals surface area (Å²) in [6.45, 7) is 1.38. The van der Waals surface area contributed by atoms with Gasteiger partial charge in [-0.3, -0.25) is 4.79 Å². The number of carboxylic acids is 1. The minimum Gasteiger partial charge on any atom is -0.481 e. The highest BCUT2D eigenvalue weighted by atomic mass is 32.2. The number of likely N-dealkylation sites (tertiary alicyclic amines) is 1. The van der Waals surface area contributed by atoms with Crippen molar-refractivity contribution in [2.24, 2.45) is 5.92 Å². The van der Waals surface area contributed by atoms with Crippen molar-refractivity contribution in [3.63, 3.8) is 0 Å². The Morgan fingerprint density at radius 1 is 1.35 bits per heavy atom. The third-order valence-corrected chi connectivity index (χ3v) is 3.78. The fraction of sp³-hybridized carbons (Fsp3) is 0.818. The summed E-state index contributed by atoms with van der Waals surface area (Å²) in [4.78, 5) is 24.2. The van der Waals surface area contributed by atoms with E-state index in [2.05, 4.69) is 10.0 Å². The van der Waals surface area contributed by atoms with Gasteiger partial charge in [0, 0.05) is 26.2 Å². The quantitative estimate of drug-likeness (QED) is 0.568. The molecule has 0 unspecified atom stereocenters. The zero-order chi connectivity index (χ0) is 15.2. The fourth-order valence-corrected chi connectivity index (χ4v) is 2.53. The Morgan fingerprint density at radius 2 is 2.05 bits per heavy atom. The van der Waals surface area contributed by atoms with Crippen molar-refractivity contribution >= 4 is 22.0 Å². The second-order valence-electron chi connectivity index (χ2n) is 4.88. The molecular formula is C11H21N3O5S. The minimum atomic E-state index is -3.20. The van der Waals surface area contributed by atoms with Gasteiger partial charge in [0.05, 0.1) is 12.2 Å². The first-order chi connectivity index (χ1) is 9.29. The van der Waals surface area contributed by atoms with Crippen LogP contribution in [0.4, 0.5) is 4.79 Å². The lowest BCUT2D eigenvalue weighted by atomic mass is 9.99. The Kier molecular flexibility index (Phi) is 6.21. The SMILES string of the molecule is CS(=O)(=O)NCCCNC(=O)N1CCC[C@H](C(=O)O)C1. The van der Waals surface area contributed by atoms with Gasteiger partial charge in [-0.25, -0.2) is 17.9 Å². The molecule has 0 aromatic heterocycles. The number of carbonyl (C=O) groups is 2. The Bertz CT molecular complexity index is 451. The van der Waals surface area contributed by atoms with E-state index in [-0.39, 0.29) is 19.1 Å². The molecule has 0 aromatic carbocycles. The predicted octanol–water partition coefficient (Wildman–Crippen LogP) is -0.568. The molecule has 0 saturated carbocycles. The first kappa shape index (κ1) is 16.7. The highest BCUT2D eigenvalue weighted by Crippen LogP contribution is 2.16. The third kappa shape index (κ3) is 6.20. The van der Waals surface area contributed by atoms with Gasteiger partial charge in [0.1, 0.15) is 0 Å². The maximum Gasteiger partial charge on any atom is 0.317 e. The number of sulfonamides is 1. The van der Waals surface area contributed by atoms with Crippen LogP contribution in [-0.2, 0) is 14.8 Å². The van der Waals surface area contributed by atoms with E-state index in [1.54, 1.807) is 0 Å². The molecule has 0 aliphatic carbocycles. The molecule has 0 aromatic rings. The zero-order valence-electron chi connectivity index (χ0n) is 11.5. The van der Waals surface area contributed by atoms with E-state index in [4.69, 9.17) is 5.11 Å². The molecule has 1 saturated heterocycles. The lowest BCUT2D eigenvalue weighted by Gasteiger charge is -2.30. The molecule has 0 radical (unpaired) electrons. The van der Waals surface area contributed by atoms with E-state index in [1.165, 1.54) is 4.90 Å². The molecular weight excluding hydrogens is 286 g/mol. The van der Waals surface area contributed by atoms with Gasteiger partial charge < -0.3 is 15.3 Å². The Morgan fingerprint density at radius 3 is 2.65 bits per heavy atom. The average Bonchev–Trinajstić information content (AvgIpc) is 2.37. The molecule has 1 fully saturated rings. The number of carbonyl (C=O) groups excluding carboxylic acids is 1. The van der Waals surface area contributed by atoms with Crippen molar-refractivity contribution in [2.45, 2.75) is 19.3 Å². The summed E-state index contributed by atoms with van der Waals surface area (Å²) in [5.41, 5.74) is 0. The van der Waals surface area contributed by atoms with Crippen molar-refractivity contribution in [1.29, 1.82) is 0 Å². The fourth-order valence-electron chi connectivity index (χ4n) is 2.02. The van der Waals surface area contributed by atoms with Crippen LogP contribution in [0.2, 0.25) is 0 Å². The zero-order valence-corrected chi connectivity index (χ0v) is 12.3. The number of urea groups is 1. The lowest BCUT2D eigenvalue weighted by molar-refractivity contribution is -0.143. The Hall–Kier alpha value is -1.35. The number of rotatable bonds is 6. The third-order valence-electron chi connectivity index (χ3n) is 3.05. The lowest BCUT2D eigenvalue weighted by Crippen LogP contribution is -2.47. The van der Waals surface area contributed by atoms with Gasteiger partial charge >= 0.3 is 12.0 Å². The smallest absolute Gasteiger partial charge is 0.317 e. The highest BCUT2D eigenvalue weighted by Gasteiger charge is 2.27. The predicted molar refractivity (Wildman–Crippen MR) is 72.8 cm³/mol. The van der Waals surface area contributed by atoms with Gasteiger partial charge in [-0.15, -0.1) is 0 Å². The van der Waals surface area contributed by atoms with Crippen molar-refractivity contribution in [3.05, 3.63) is 0 Å². The Balaban J connectivity index is 2.24. The summed E-state index contributed by atoms with van der Waals surface area (Å²) < 4.78 is 24.0. The normalized spacial score (nSPS) is 19.6. The monoisotopic (exact) mass is 307 g/mol. The van der Waals surface area contributed by atoms with Crippen molar-refractivity contribution in [3.8, 4) is 0 Å². The average molecular weight is 307 g/mol. The van der Waals surface area contributed by atoms with Gasteiger partial charge in [-0.1, -0.05) is 0 Å². The number of carboxylic acid groups (broad SMARTS) is 1. The topological polar surface area (TPSA) is 116 Å². The summed E-state index contributed by atoms with van der Waals surface area (Å²) in [5.74, 6) is -1.37. The van der Waals surface area contributed by atoms with Crippen LogP contribution >= 0.6 is 0 Å². The first-order valence-electron chi connectivity index (χ1n) is 6.50. The molecule has 9 heteroatoms. The Labute approximate surface area is 118 Å². The van der Waals surface area contributed by atoms with Crippen molar-refractivity contribution < 1.29 is 23.1 Å². The van der Waals surface area contributed by atoms with Crippen LogP contribution in [0.3, 0.4) is 0 Å². The highest BCUT2D eigenvalue weighted by molar-refractivity contribution is 7.88. The van der Waals surface area contributed by atoms with Crippen LogP contribution in [0.5, 0.6) is 0 Å². The number of hydrogen-bond donors (Lipinski definition) is 3. The van der Waals surface area contributed by atoms with Crippen LogP contribution in [0.25, 0.3) is 0 Å². The van der Waals surface area contributed by atoms with E-state index in [0.717, 1.165) is 6.26 Å². The van der Waals surface area contributed by atoms with Crippen molar-refractivity contribution in [2.75, 3.05) is 32.4 Å². The molecule has 1 heterocycles. The molecule has 0 bridgehead atoms. The molecule has 3 N–H and O–H groups in total. The molecule has 1 rings (SSSR count). The summed E-state index contributed by atoms with van der Waals surface area (Å²) in [6.07, 6.45) is 2.83. The van der Waals surface area contributed by atoms with E-state index in [1.807, 2.05) is 0 Å². The van der Waals surface area contributed by atoms with Crippen molar-refractivity contribution in [1.82, 2.24) is 14.9 Å². The van der Waals surface area contributed by atoms with Gasteiger partial charge in [-0.2, -0.15) is 0 Å². The van der Waals surface area contributed by atoms with E-state index in [0.29, 0.717) is 32.4 Å². The summed E-state index contributed by atoms with van der Waals surface area (Å²) >= 11 is 0. The van der Waals surface area contributed by atoms with Gasteiger partial charge in [0.15, 0.2) is 0 Å². The first-order valence-corrected chi connectivity index (χ1v) is 8.39. The molecule has 8 nitrogen and oxygen atoms in total. The minimum absolute atomic E-state index is 0.225. The largest absolute Gasteiger partial charge is 0.481 e. The van der Waals surface area contributed by atoms with Gasteiger partial charge in [0.2, 0.25) is 10.0 Å². The second kappa shape index (κ2) is 7.44. The molecule has 1 aliphatic heterocycles. The number of amides is 2. The van der Waals surface area contributed by atoms with Crippen LogP contribution in [0.1, 0.15) is 19.3 Å². The van der Waals surface area contributed by atoms with E-state index < -0.39 is 21.9 Å². The van der Waals surface area contributed by atoms with Gasteiger partial charge in [0.25, 0.3) is 0 Å². The summed E-state index contributed by atoms with van der Waals surface area (Å²) in [5, 5.41) is 11.6. The van der Waals surface area contributed by atoms with Crippen LogP contribution in [0, 0.1) is 5.92 Å². The number of nitrogens with one attached hydrogen (secondary N) is 2. The number of piperidine rings is 1. The van der Waals surface area contributed by atoms with Crippen LogP contribution in [-0.4, -0.2) is 62.9 Å². The molecule has 2 amide bonds. The molecule has 1 atom stereocenters. The molecule has 0 spiro atoms. The second-order valence-corrected chi connectivity index (χ2v) is 6.71. The summed E-state index contributed by atoms with van der Waals surface area (Å²) in [7, 11) is -3.20.